The molecule has 6 nitrogen and oxygen atoms in total. The van der Waals surface area contributed by atoms with Crippen LogP contribution in [0.5, 0.6) is 0 Å². The Balaban J connectivity index is 2.89. The second-order valence-corrected chi connectivity index (χ2v) is 6.62. The van der Waals surface area contributed by atoms with Crippen LogP contribution < -0.4 is 0 Å². The molecule has 1 N–H and O–H groups in total. The van der Waals surface area contributed by atoms with Gasteiger partial charge in [-0.2, -0.15) is 4.31 Å². The SMILES string of the molecule is C=CCN(CCO)C(=O)C1CCCCN1S(C)(=O)=O. The highest BCUT2D eigenvalue weighted by molar-refractivity contribution is 7.88. The van der Waals surface area contributed by atoms with Gasteiger partial charge in [0.05, 0.1) is 12.9 Å². The molecule has 1 aliphatic heterocycles. The van der Waals surface area contributed by atoms with Gasteiger partial charge in [0.25, 0.3) is 0 Å². The zero-order valence-corrected chi connectivity index (χ0v) is 12.1. The smallest absolute Gasteiger partial charge is 0.241 e. The van der Waals surface area contributed by atoms with Gasteiger partial charge < -0.3 is 10.0 Å². The minimum absolute atomic E-state index is 0.148. The van der Waals surface area contributed by atoms with Crippen LogP contribution in [-0.4, -0.2) is 67.2 Å². The Hall–Kier alpha value is -0.920. The van der Waals surface area contributed by atoms with Crippen LogP contribution in [0, 0.1) is 0 Å². The van der Waals surface area contributed by atoms with Crippen molar-refractivity contribution in [1.82, 2.24) is 9.21 Å². The molecule has 110 valence electrons. The second kappa shape index (κ2) is 7.02. The lowest BCUT2D eigenvalue weighted by Gasteiger charge is -2.35. The van der Waals surface area contributed by atoms with Gasteiger partial charge >= 0.3 is 0 Å². The van der Waals surface area contributed by atoms with Crippen molar-refractivity contribution in [3.63, 3.8) is 0 Å². The molecule has 0 aromatic heterocycles. The summed E-state index contributed by atoms with van der Waals surface area (Å²) in [5, 5.41) is 8.98. The Kier molecular flexibility index (Phi) is 5.96. The molecular weight excluding hydrogens is 268 g/mol. The Morgan fingerprint density at radius 3 is 2.74 bits per heavy atom. The molecule has 0 saturated carbocycles. The van der Waals surface area contributed by atoms with Crippen molar-refractivity contribution >= 4 is 15.9 Å². The summed E-state index contributed by atoms with van der Waals surface area (Å²) in [7, 11) is -3.39. The maximum atomic E-state index is 12.4. The summed E-state index contributed by atoms with van der Waals surface area (Å²) in [5.41, 5.74) is 0. The van der Waals surface area contributed by atoms with Crippen molar-refractivity contribution in [3.8, 4) is 0 Å². The zero-order valence-electron chi connectivity index (χ0n) is 11.3. The van der Waals surface area contributed by atoms with Crippen molar-refractivity contribution in [2.24, 2.45) is 0 Å². The fourth-order valence-electron chi connectivity index (χ4n) is 2.33. The second-order valence-electron chi connectivity index (χ2n) is 4.68. The average Bonchev–Trinajstić information content (AvgIpc) is 2.37. The number of amides is 1. The standard InChI is InChI=1S/C12H22N2O4S/c1-3-7-13(9-10-15)12(16)11-6-4-5-8-14(11)19(2,17)18/h3,11,15H,1,4-10H2,2H3. The first-order chi connectivity index (χ1) is 8.91. The molecule has 1 rings (SSSR count). The highest BCUT2D eigenvalue weighted by atomic mass is 32.2. The van der Waals surface area contributed by atoms with Gasteiger partial charge in [-0.15, -0.1) is 6.58 Å². The number of nitrogens with zero attached hydrogens (tertiary/aromatic N) is 2. The predicted octanol–water partition coefficient (Wildman–Crippen LogP) is -0.193. The maximum Gasteiger partial charge on any atom is 0.241 e. The van der Waals surface area contributed by atoms with Gasteiger partial charge in [0.1, 0.15) is 6.04 Å². The van der Waals surface area contributed by atoms with Crippen LogP contribution in [0.1, 0.15) is 19.3 Å². The molecule has 0 spiro atoms. The molecule has 1 heterocycles. The normalized spacial score (nSPS) is 21.1. The number of hydrogen-bond donors (Lipinski definition) is 1. The fourth-order valence-corrected chi connectivity index (χ4v) is 3.45. The number of sulfonamides is 1. The van der Waals surface area contributed by atoms with E-state index in [0.717, 1.165) is 19.1 Å². The highest BCUT2D eigenvalue weighted by Gasteiger charge is 2.36. The van der Waals surface area contributed by atoms with Crippen LogP contribution in [-0.2, 0) is 14.8 Å². The number of hydrogen-bond acceptors (Lipinski definition) is 4. The Morgan fingerprint density at radius 2 is 2.21 bits per heavy atom. The van der Waals surface area contributed by atoms with Crippen LogP contribution in [0.15, 0.2) is 12.7 Å². The summed E-state index contributed by atoms with van der Waals surface area (Å²) in [6, 6.07) is -0.643. The van der Waals surface area contributed by atoms with Gasteiger partial charge in [0.15, 0.2) is 0 Å². The number of carbonyl (C=O) groups is 1. The molecule has 1 aliphatic rings. The maximum absolute atomic E-state index is 12.4. The minimum Gasteiger partial charge on any atom is -0.395 e. The molecule has 1 atom stereocenters. The molecule has 1 amide bonds. The van der Waals surface area contributed by atoms with E-state index in [4.69, 9.17) is 5.11 Å². The highest BCUT2D eigenvalue weighted by Crippen LogP contribution is 2.21. The minimum atomic E-state index is -3.39. The van der Waals surface area contributed by atoms with Crippen molar-refractivity contribution in [1.29, 1.82) is 0 Å². The zero-order chi connectivity index (χ0) is 14.5. The van der Waals surface area contributed by atoms with E-state index in [0.29, 0.717) is 19.5 Å². The van der Waals surface area contributed by atoms with E-state index in [1.807, 2.05) is 0 Å². The van der Waals surface area contributed by atoms with E-state index in [9.17, 15) is 13.2 Å². The summed E-state index contributed by atoms with van der Waals surface area (Å²) >= 11 is 0. The van der Waals surface area contributed by atoms with E-state index in [-0.39, 0.29) is 19.1 Å². The lowest BCUT2D eigenvalue weighted by atomic mass is 10.0. The molecule has 19 heavy (non-hydrogen) atoms. The molecule has 0 bridgehead atoms. The predicted molar refractivity (Wildman–Crippen MR) is 73.1 cm³/mol. The van der Waals surface area contributed by atoms with Crippen LogP contribution in [0.2, 0.25) is 0 Å². The molecule has 1 fully saturated rings. The van der Waals surface area contributed by atoms with Crippen LogP contribution in [0.25, 0.3) is 0 Å². The molecular formula is C12H22N2O4S. The van der Waals surface area contributed by atoms with Gasteiger partial charge in [0, 0.05) is 19.6 Å². The van der Waals surface area contributed by atoms with Gasteiger partial charge in [-0.1, -0.05) is 12.5 Å². The number of aliphatic hydroxyl groups excluding tert-OH is 1. The van der Waals surface area contributed by atoms with Crippen LogP contribution in [0.3, 0.4) is 0 Å². The third-order valence-corrected chi connectivity index (χ3v) is 4.48. The van der Waals surface area contributed by atoms with Crippen LogP contribution in [0.4, 0.5) is 0 Å². The third kappa shape index (κ3) is 4.29. The summed E-state index contributed by atoms with van der Waals surface area (Å²) in [6.45, 7) is 4.31. The lowest BCUT2D eigenvalue weighted by molar-refractivity contribution is -0.136. The average molecular weight is 290 g/mol. The molecule has 0 radical (unpaired) electrons. The number of carbonyl (C=O) groups excluding carboxylic acids is 1. The van der Waals surface area contributed by atoms with E-state index in [1.54, 1.807) is 6.08 Å². The van der Waals surface area contributed by atoms with Gasteiger partial charge in [-0.3, -0.25) is 4.79 Å². The number of aliphatic hydroxyl groups is 1. The summed E-state index contributed by atoms with van der Waals surface area (Å²) in [6.07, 6.45) is 4.84. The first-order valence-corrected chi connectivity index (χ1v) is 8.24. The molecule has 1 unspecified atom stereocenters. The van der Waals surface area contributed by atoms with E-state index in [1.165, 1.54) is 9.21 Å². The number of rotatable bonds is 6. The third-order valence-electron chi connectivity index (χ3n) is 3.20. The van der Waals surface area contributed by atoms with E-state index < -0.39 is 16.1 Å². The van der Waals surface area contributed by atoms with Gasteiger partial charge in [-0.25, -0.2) is 8.42 Å². The largest absolute Gasteiger partial charge is 0.395 e. The van der Waals surface area contributed by atoms with Crippen molar-refractivity contribution in [3.05, 3.63) is 12.7 Å². The lowest BCUT2D eigenvalue weighted by Crippen LogP contribution is -2.53. The topological polar surface area (TPSA) is 77.9 Å². The van der Waals surface area contributed by atoms with Gasteiger partial charge in [0.2, 0.25) is 15.9 Å². The molecule has 7 heteroatoms. The van der Waals surface area contributed by atoms with Crippen molar-refractivity contribution in [2.45, 2.75) is 25.3 Å². The molecule has 0 aromatic rings. The van der Waals surface area contributed by atoms with E-state index in [2.05, 4.69) is 6.58 Å². The fraction of sp³-hybridized carbons (Fsp3) is 0.750. The van der Waals surface area contributed by atoms with Crippen molar-refractivity contribution < 1.29 is 18.3 Å². The summed E-state index contributed by atoms with van der Waals surface area (Å²) in [4.78, 5) is 13.8. The Bertz CT molecular complexity index is 421. The van der Waals surface area contributed by atoms with Gasteiger partial charge in [-0.05, 0) is 12.8 Å². The van der Waals surface area contributed by atoms with E-state index >= 15 is 0 Å². The molecule has 1 saturated heterocycles. The first kappa shape index (κ1) is 16.1. The first-order valence-electron chi connectivity index (χ1n) is 6.39. The molecule has 0 aromatic carbocycles. The summed E-state index contributed by atoms with van der Waals surface area (Å²) < 4.78 is 24.7. The molecule has 0 aliphatic carbocycles. The van der Waals surface area contributed by atoms with Crippen molar-refractivity contribution in [2.75, 3.05) is 32.5 Å². The summed E-state index contributed by atoms with van der Waals surface area (Å²) in [5.74, 6) is -0.251. The monoisotopic (exact) mass is 290 g/mol. The number of piperidine rings is 1. The van der Waals surface area contributed by atoms with Crippen LogP contribution >= 0.6 is 0 Å². The Labute approximate surface area is 114 Å². The Morgan fingerprint density at radius 1 is 1.53 bits per heavy atom. The quantitative estimate of drug-likeness (QED) is 0.688.